The van der Waals surface area contributed by atoms with Gasteiger partial charge in [0.2, 0.25) is 0 Å². The lowest BCUT2D eigenvalue weighted by Crippen LogP contribution is -2.18. The van der Waals surface area contributed by atoms with Crippen LogP contribution in [0, 0.1) is 6.92 Å². The zero-order chi connectivity index (χ0) is 15.8. The standard InChI is InChI=1S/C18H15N3OS/c1-12-10-16-18(20-11-12)21(13-6-3-4-7-14(13)22-2)17-15(23-16)8-5-9-19-17/h3-11H,1-2H3. The van der Waals surface area contributed by atoms with E-state index in [0.29, 0.717) is 0 Å². The number of ether oxygens (including phenoxy) is 1. The second-order valence-corrected chi connectivity index (χ2v) is 6.35. The average molecular weight is 321 g/mol. The van der Waals surface area contributed by atoms with Crippen molar-refractivity contribution in [1.29, 1.82) is 0 Å². The van der Waals surface area contributed by atoms with Gasteiger partial charge in [0, 0.05) is 12.4 Å². The normalized spacial score (nSPS) is 12.5. The van der Waals surface area contributed by atoms with Crippen LogP contribution in [0.15, 0.2) is 64.6 Å². The van der Waals surface area contributed by atoms with Gasteiger partial charge in [0.1, 0.15) is 5.75 Å². The van der Waals surface area contributed by atoms with Gasteiger partial charge in [-0.25, -0.2) is 9.97 Å². The first-order valence-electron chi connectivity index (χ1n) is 7.30. The number of para-hydroxylation sites is 2. The van der Waals surface area contributed by atoms with Crippen LogP contribution in [0.3, 0.4) is 0 Å². The van der Waals surface area contributed by atoms with E-state index in [-0.39, 0.29) is 0 Å². The molecule has 0 saturated heterocycles. The van der Waals surface area contributed by atoms with E-state index in [2.05, 4.69) is 33.9 Å². The smallest absolute Gasteiger partial charge is 0.152 e. The van der Waals surface area contributed by atoms with Crippen LogP contribution in [0.1, 0.15) is 5.56 Å². The molecule has 0 fully saturated rings. The fourth-order valence-electron chi connectivity index (χ4n) is 2.67. The molecule has 0 saturated carbocycles. The number of nitrogens with zero attached hydrogens (tertiary/aromatic N) is 3. The van der Waals surface area contributed by atoms with Gasteiger partial charge in [-0.3, -0.25) is 4.90 Å². The van der Waals surface area contributed by atoms with E-state index in [1.807, 2.05) is 36.5 Å². The van der Waals surface area contributed by atoms with Gasteiger partial charge in [0.15, 0.2) is 11.6 Å². The lowest BCUT2D eigenvalue weighted by atomic mass is 10.2. The Hall–Kier alpha value is -2.53. The van der Waals surface area contributed by atoms with Gasteiger partial charge in [0.25, 0.3) is 0 Å². The van der Waals surface area contributed by atoms with Crippen molar-refractivity contribution in [1.82, 2.24) is 9.97 Å². The van der Waals surface area contributed by atoms with E-state index >= 15 is 0 Å². The molecule has 23 heavy (non-hydrogen) atoms. The highest BCUT2D eigenvalue weighted by Crippen LogP contribution is 2.51. The summed E-state index contributed by atoms with van der Waals surface area (Å²) in [6.07, 6.45) is 3.69. The highest BCUT2D eigenvalue weighted by molar-refractivity contribution is 7.99. The second kappa shape index (κ2) is 5.59. The zero-order valence-electron chi connectivity index (χ0n) is 12.9. The largest absolute Gasteiger partial charge is 0.495 e. The molecule has 5 heteroatoms. The number of hydrogen-bond donors (Lipinski definition) is 0. The van der Waals surface area contributed by atoms with Gasteiger partial charge in [-0.15, -0.1) is 0 Å². The van der Waals surface area contributed by atoms with E-state index < -0.39 is 0 Å². The topological polar surface area (TPSA) is 38.2 Å². The summed E-state index contributed by atoms with van der Waals surface area (Å²) < 4.78 is 5.55. The zero-order valence-corrected chi connectivity index (χ0v) is 13.7. The Morgan fingerprint density at radius 1 is 1.00 bits per heavy atom. The molecule has 3 heterocycles. The molecule has 0 bridgehead atoms. The molecule has 3 aromatic rings. The maximum absolute atomic E-state index is 5.55. The highest BCUT2D eigenvalue weighted by atomic mass is 32.2. The fraction of sp³-hybridized carbons (Fsp3) is 0.111. The maximum atomic E-state index is 5.55. The van der Waals surface area contributed by atoms with E-state index in [1.54, 1.807) is 25.1 Å². The summed E-state index contributed by atoms with van der Waals surface area (Å²) in [6, 6.07) is 14.1. The molecule has 0 radical (unpaired) electrons. The average Bonchev–Trinajstić information content (AvgIpc) is 2.59. The molecule has 4 rings (SSSR count). The van der Waals surface area contributed by atoms with Crippen molar-refractivity contribution < 1.29 is 4.74 Å². The first-order chi connectivity index (χ1) is 11.3. The van der Waals surface area contributed by atoms with Gasteiger partial charge in [-0.2, -0.15) is 0 Å². The number of aromatic nitrogens is 2. The number of hydrogen-bond acceptors (Lipinski definition) is 5. The third-order valence-electron chi connectivity index (χ3n) is 3.69. The van der Waals surface area contributed by atoms with Crippen molar-refractivity contribution in [3.8, 4) is 5.75 Å². The van der Waals surface area contributed by atoms with E-state index in [1.165, 1.54) is 0 Å². The minimum atomic E-state index is 0.796. The molecule has 1 aliphatic heterocycles. The molecule has 0 aliphatic carbocycles. The van der Waals surface area contributed by atoms with E-state index in [9.17, 15) is 0 Å². The molecule has 1 aliphatic rings. The monoisotopic (exact) mass is 321 g/mol. The van der Waals surface area contributed by atoms with Gasteiger partial charge in [-0.05, 0) is 42.8 Å². The highest BCUT2D eigenvalue weighted by Gasteiger charge is 2.28. The molecule has 0 N–H and O–H groups in total. The predicted octanol–water partition coefficient (Wildman–Crippen LogP) is 4.73. The number of aryl methyl sites for hydroxylation is 1. The summed E-state index contributed by atoms with van der Waals surface area (Å²) >= 11 is 1.70. The molecular formula is C18H15N3OS. The summed E-state index contributed by atoms with van der Waals surface area (Å²) in [6.45, 7) is 2.06. The van der Waals surface area contributed by atoms with Crippen LogP contribution < -0.4 is 9.64 Å². The van der Waals surface area contributed by atoms with Gasteiger partial charge >= 0.3 is 0 Å². The van der Waals surface area contributed by atoms with Crippen LogP contribution in [-0.2, 0) is 0 Å². The third-order valence-corrected chi connectivity index (χ3v) is 4.75. The molecule has 114 valence electrons. The molecule has 1 aromatic carbocycles. The van der Waals surface area contributed by atoms with Crippen molar-refractivity contribution >= 4 is 29.1 Å². The van der Waals surface area contributed by atoms with E-state index in [4.69, 9.17) is 4.74 Å². The van der Waals surface area contributed by atoms with Crippen molar-refractivity contribution in [3.63, 3.8) is 0 Å². The third kappa shape index (κ3) is 2.33. The molecule has 0 unspecified atom stereocenters. The van der Waals surface area contributed by atoms with Crippen LogP contribution in [-0.4, -0.2) is 17.1 Å². The molecule has 4 nitrogen and oxygen atoms in total. The lowest BCUT2D eigenvalue weighted by molar-refractivity contribution is 0.416. The first-order valence-corrected chi connectivity index (χ1v) is 8.12. The van der Waals surface area contributed by atoms with Crippen LogP contribution in [0.25, 0.3) is 0 Å². The Kier molecular flexibility index (Phi) is 3.42. The van der Waals surface area contributed by atoms with Crippen molar-refractivity contribution in [3.05, 3.63) is 60.4 Å². The maximum Gasteiger partial charge on any atom is 0.152 e. The Morgan fingerprint density at radius 2 is 1.83 bits per heavy atom. The molecule has 0 spiro atoms. The van der Waals surface area contributed by atoms with Crippen molar-refractivity contribution in [2.45, 2.75) is 16.7 Å². The summed E-state index contributed by atoms with van der Waals surface area (Å²) in [7, 11) is 1.68. The Labute approximate surface area is 139 Å². The number of benzene rings is 1. The quantitative estimate of drug-likeness (QED) is 0.534. The molecular weight excluding hydrogens is 306 g/mol. The van der Waals surface area contributed by atoms with Gasteiger partial charge in [-0.1, -0.05) is 23.9 Å². The predicted molar refractivity (Wildman–Crippen MR) is 92.1 cm³/mol. The number of anilines is 3. The number of pyridine rings is 2. The lowest BCUT2D eigenvalue weighted by Gasteiger charge is -2.31. The molecule has 2 aromatic heterocycles. The SMILES string of the molecule is COc1ccccc1N1c2ncccc2Sc2cc(C)cnc21. The fourth-order valence-corrected chi connectivity index (χ4v) is 3.77. The van der Waals surface area contributed by atoms with Crippen LogP contribution >= 0.6 is 11.8 Å². The number of rotatable bonds is 2. The summed E-state index contributed by atoms with van der Waals surface area (Å²) in [5.74, 6) is 2.56. The van der Waals surface area contributed by atoms with Gasteiger partial charge < -0.3 is 4.74 Å². The summed E-state index contributed by atoms with van der Waals surface area (Å²) in [5, 5.41) is 0. The Balaban J connectivity index is 1.99. The second-order valence-electron chi connectivity index (χ2n) is 5.27. The first kappa shape index (κ1) is 14.1. The van der Waals surface area contributed by atoms with Crippen molar-refractivity contribution in [2.24, 2.45) is 0 Å². The Morgan fingerprint density at radius 3 is 2.70 bits per heavy atom. The Bertz CT molecular complexity index is 882. The van der Waals surface area contributed by atoms with Crippen molar-refractivity contribution in [2.75, 3.05) is 12.0 Å². The molecule has 0 amide bonds. The van der Waals surface area contributed by atoms with Crippen LogP contribution in [0.4, 0.5) is 17.3 Å². The number of fused-ring (bicyclic) bond motifs is 2. The van der Waals surface area contributed by atoms with Crippen LogP contribution in [0.2, 0.25) is 0 Å². The van der Waals surface area contributed by atoms with Gasteiger partial charge in [0.05, 0.1) is 22.6 Å². The summed E-state index contributed by atoms with van der Waals surface area (Å²) in [4.78, 5) is 13.5. The minimum absolute atomic E-state index is 0.796. The van der Waals surface area contributed by atoms with E-state index in [0.717, 1.165) is 38.4 Å². The summed E-state index contributed by atoms with van der Waals surface area (Å²) in [5.41, 5.74) is 2.08. The minimum Gasteiger partial charge on any atom is -0.495 e. The number of methoxy groups -OCH3 is 1. The molecule has 0 atom stereocenters. The van der Waals surface area contributed by atoms with Crippen LogP contribution in [0.5, 0.6) is 5.75 Å².